The number of nitrogens with zero attached hydrogens (tertiary/aromatic N) is 2. The van der Waals surface area contributed by atoms with Gasteiger partial charge in [-0.25, -0.2) is 4.98 Å². The smallest absolute Gasteiger partial charge is 0.253 e. The molecule has 2 heterocycles. The number of amides is 1. The number of hydrogen-bond donors (Lipinski definition) is 3. The van der Waals surface area contributed by atoms with Crippen LogP contribution in [0.4, 0.5) is 10.8 Å². The first-order valence-electron chi connectivity index (χ1n) is 9.81. The number of benzene rings is 3. The van der Waals surface area contributed by atoms with E-state index in [4.69, 9.17) is 16.3 Å². The van der Waals surface area contributed by atoms with Gasteiger partial charge in [0.15, 0.2) is 5.13 Å². The molecule has 0 aliphatic heterocycles. The highest BCUT2D eigenvalue weighted by Crippen LogP contribution is 2.33. The number of thiazole rings is 1. The van der Waals surface area contributed by atoms with E-state index in [-0.39, 0.29) is 5.91 Å². The monoisotopic (exact) mass is 463 g/mol. The second kappa shape index (κ2) is 8.49. The molecule has 5 aromatic rings. The highest BCUT2D eigenvalue weighted by Gasteiger charge is 2.22. The van der Waals surface area contributed by atoms with Crippen molar-refractivity contribution < 1.29 is 9.53 Å². The molecule has 3 N–H and O–H groups in total. The molecule has 0 saturated heterocycles. The van der Waals surface area contributed by atoms with Crippen LogP contribution in [0.25, 0.3) is 21.1 Å². The van der Waals surface area contributed by atoms with E-state index in [1.165, 1.54) is 11.3 Å². The molecule has 0 aliphatic carbocycles. The maximum Gasteiger partial charge on any atom is 0.253 e. The van der Waals surface area contributed by atoms with Gasteiger partial charge in [0.05, 0.1) is 34.1 Å². The van der Waals surface area contributed by atoms with Gasteiger partial charge in [-0.05, 0) is 29.8 Å². The molecule has 9 heteroatoms. The van der Waals surface area contributed by atoms with Crippen LogP contribution >= 0.6 is 22.9 Å². The molecule has 2 aromatic heterocycles. The maximum absolute atomic E-state index is 13.3. The first-order chi connectivity index (χ1) is 15.6. The molecule has 1 amide bonds. The number of carbonyl (C=O) groups is 1. The van der Waals surface area contributed by atoms with Crippen LogP contribution in [0.2, 0.25) is 5.02 Å². The minimum atomic E-state index is -0.650. The topological polar surface area (TPSA) is 91.9 Å². The average molecular weight is 464 g/mol. The zero-order chi connectivity index (χ0) is 22.1. The summed E-state index contributed by atoms with van der Waals surface area (Å²) in [6.07, 6.45) is 1.77. The van der Waals surface area contributed by atoms with Crippen molar-refractivity contribution in [2.75, 3.05) is 17.7 Å². The number of nitrogens with one attached hydrogen (secondary N) is 3. The van der Waals surface area contributed by atoms with Crippen molar-refractivity contribution in [3.8, 4) is 5.75 Å². The third kappa shape index (κ3) is 3.86. The SMILES string of the molecule is COc1cc(NC(C(=O)Nc2nc3ccc4[nH]ncc4c3s2)c2ccccc2)ccc1Cl. The second-order valence-electron chi connectivity index (χ2n) is 7.09. The number of halogens is 1. The van der Waals surface area contributed by atoms with Crippen LogP contribution in [-0.4, -0.2) is 28.2 Å². The van der Waals surface area contributed by atoms with Crippen molar-refractivity contribution in [2.45, 2.75) is 6.04 Å². The number of fused-ring (bicyclic) bond motifs is 3. The minimum Gasteiger partial charge on any atom is -0.495 e. The summed E-state index contributed by atoms with van der Waals surface area (Å²) in [5.74, 6) is 0.298. The summed E-state index contributed by atoms with van der Waals surface area (Å²) in [6, 6.07) is 18.0. The van der Waals surface area contributed by atoms with E-state index in [0.717, 1.165) is 26.7 Å². The van der Waals surface area contributed by atoms with Gasteiger partial charge in [0.25, 0.3) is 5.91 Å². The van der Waals surface area contributed by atoms with Crippen LogP contribution in [0.15, 0.2) is 66.9 Å². The van der Waals surface area contributed by atoms with Crippen molar-refractivity contribution >= 4 is 60.8 Å². The van der Waals surface area contributed by atoms with Gasteiger partial charge in [-0.3, -0.25) is 15.2 Å². The Balaban J connectivity index is 1.46. The van der Waals surface area contributed by atoms with Gasteiger partial charge in [-0.1, -0.05) is 53.3 Å². The van der Waals surface area contributed by atoms with Gasteiger partial charge in [0, 0.05) is 17.1 Å². The number of ether oxygens (including phenoxy) is 1. The molecule has 0 radical (unpaired) electrons. The minimum absolute atomic E-state index is 0.229. The van der Waals surface area contributed by atoms with E-state index in [9.17, 15) is 4.79 Å². The normalized spacial score (nSPS) is 12.1. The Morgan fingerprint density at radius 3 is 2.81 bits per heavy atom. The summed E-state index contributed by atoms with van der Waals surface area (Å²) >= 11 is 7.56. The summed E-state index contributed by atoms with van der Waals surface area (Å²) in [5.41, 5.74) is 3.27. The van der Waals surface area contributed by atoms with Gasteiger partial charge >= 0.3 is 0 Å². The molecule has 160 valence electrons. The number of aromatic nitrogens is 3. The Morgan fingerprint density at radius 1 is 1.16 bits per heavy atom. The molecule has 0 aliphatic rings. The average Bonchev–Trinajstić information content (AvgIpc) is 3.45. The summed E-state index contributed by atoms with van der Waals surface area (Å²) in [6.45, 7) is 0. The maximum atomic E-state index is 13.3. The zero-order valence-electron chi connectivity index (χ0n) is 16.9. The Kier molecular flexibility index (Phi) is 5.38. The molecular formula is C23H18ClN5O2S. The van der Waals surface area contributed by atoms with Crippen molar-refractivity contribution in [1.82, 2.24) is 15.2 Å². The largest absolute Gasteiger partial charge is 0.495 e. The number of hydrogen-bond acceptors (Lipinski definition) is 6. The lowest BCUT2D eigenvalue weighted by atomic mass is 10.1. The zero-order valence-corrected chi connectivity index (χ0v) is 18.5. The van der Waals surface area contributed by atoms with E-state index < -0.39 is 6.04 Å². The van der Waals surface area contributed by atoms with E-state index >= 15 is 0 Å². The third-order valence-corrected chi connectivity index (χ3v) is 6.39. The lowest BCUT2D eigenvalue weighted by molar-refractivity contribution is -0.117. The van der Waals surface area contributed by atoms with Gasteiger partial charge in [-0.15, -0.1) is 0 Å². The van der Waals surface area contributed by atoms with Gasteiger partial charge < -0.3 is 10.1 Å². The Labute approximate surface area is 192 Å². The van der Waals surface area contributed by atoms with Crippen LogP contribution < -0.4 is 15.4 Å². The van der Waals surface area contributed by atoms with Crippen LogP contribution in [0.3, 0.4) is 0 Å². The van der Waals surface area contributed by atoms with E-state index in [2.05, 4.69) is 25.8 Å². The number of aromatic amines is 1. The van der Waals surface area contributed by atoms with Crippen LogP contribution in [0, 0.1) is 0 Å². The van der Waals surface area contributed by atoms with Gasteiger partial charge in [0.2, 0.25) is 0 Å². The summed E-state index contributed by atoms with van der Waals surface area (Å²) in [7, 11) is 1.55. The second-order valence-corrected chi connectivity index (χ2v) is 8.50. The van der Waals surface area contributed by atoms with E-state index in [1.807, 2.05) is 42.5 Å². The predicted octanol–water partition coefficient (Wildman–Crippen LogP) is 5.63. The number of anilines is 2. The van der Waals surface area contributed by atoms with Crippen LogP contribution in [0.1, 0.15) is 11.6 Å². The molecule has 1 unspecified atom stereocenters. The molecule has 32 heavy (non-hydrogen) atoms. The summed E-state index contributed by atoms with van der Waals surface area (Å²) in [5, 5.41) is 15.3. The fourth-order valence-corrected chi connectivity index (χ4v) is 4.67. The predicted molar refractivity (Wildman–Crippen MR) is 129 cm³/mol. The molecule has 0 bridgehead atoms. The Hall–Kier alpha value is -3.62. The van der Waals surface area contributed by atoms with E-state index in [1.54, 1.807) is 31.5 Å². The Bertz CT molecular complexity index is 1420. The highest BCUT2D eigenvalue weighted by molar-refractivity contribution is 7.23. The lowest BCUT2D eigenvalue weighted by Crippen LogP contribution is -2.27. The molecule has 0 spiro atoms. The summed E-state index contributed by atoms with van der Waals surface area (Å²) in [4.78, 5) is 17.9. The van der Waals surface area contributed by atoms with E-state index in [0.29, 0.717) is 21.6 Å². The van der Waals surface area contributed by atoms with Crippen molar-refractivity contribution in [1.29, 1.82) is 0 Å². The van der Waals surface area contributed by atoms with Gasteiger partial charge in [0.1, 0.15) is 11.8 Å². The standard InChI is InChI=1S/C23H18ClN5O2S/c1-31-19-11-14(7-8-16(19)24)26-20(13-5-3-2-4-6-13)22(30)28-23-27-18-10-9-17-15(12-25-29-17)21(18)32-23/h2-12,20,26H,1H3,(H,25,29)(H,27,28,30). The van der Waals surface area contributed by atoms with Crippen LogP contribution in [-0.2, 0) is 4.79 Å². The first kappa shape index (κ1) is 20.3. The third-order valence-electron chi connectivity index (χ3n) is 5.06. The first-order valence-corrected chi connectivity index (χ1v) is 11.0. The summed E-state index contributed by atoms with van der Waals surface area (Å²) < 4.78 is 6.27. The molecule has 1 atom stereocenters. The molecule has 0 fully saturated rings. The number of carbonyl (C=O) groups excluding carboxylic acids is 1. The number of rotatable bonds is 6. The fourth-order valence-electron chi connectivity index (χ4n) is 3.50. The molecule has 7 nitrogen and oxygen atoms in total. The van der Waals surface area contributed by atoms with Crippen molar-refractivity contribution in [3.63, 3.8) is 0 Å². The number of methoxy groups -OCH3 is 1. The molecule has 0 saturated carbocycles. The van der Waals surface area contributed by atoms with Crippen molar-refractivity contribution in [3.05, 3.63) is 77.4 Å². The molecular weight excluding hydrogens is 446 g/mol. The molecule has 3 aromatic carbocycles. The number of H-pyrrole nitrogens is 1. The fraction of sp³-hybridized carbons (Fsp3) is 0.0870. The lowest BCUT2D eigenvalue weighted by Gasteiger charge is -2.20. The van der Waals surface area contributed by atoms with Crippen molar-refractivity contribution in [2.24, 2.45) is 0 Å². The highest BCUT2D eigenvalue weighted by atomic mass is 35.5. The van der Waals surface area contributed by atoms with Crippen LogP contribution in [0.5, 0.6) is 5.75 Å². The Morgan fingerprint density at radius 2 is 2.00 bits per heavy atom. The van der Waals surface area contributed by atoms with Gasteiger partial charge in [-0.2, -0.15) is 5.10 Å². The molecule has 5 rings (SSSR count). The quantitative estimate of drug-likeness (QED) is 0.303.